The van der Waals surface area contributed by atoms with Crippen molar-refractivity contribution in [1.29, 1.82) is 0 Å². The van der Waals surface area contributed by atoms with Crippen molar-refractivity contribution in [2.24, 2.45) is 16.6 Å². The maximum Gasteiger partial charge on any atom is 0.188 e. The van der Waals surface area contributed by atoms with Crippen LogP contribution in [0.25, 0.3) is 0 Å². The van der Waals surface area contributed by atoms with Gasteiger partial charge in [-0.25, -0.2) is 0 Å². The van der Waals surface area contributed by atoms with E-state index in [1.807, 2.05) is 0 Å². The summed E-state index contributed by atoms with van der Waals surface area (Å²) in [5.41, 5.74) is 5.89. The highest BCUT2D eigenvalue weighted by Crippen LogP contribution is 2.23. The van der Waals surface area contributed by atoms with E-state index in [2.05, 4.69) is 60.7 Å². The Morgan fingerprint density at radius 1 is 1.45 bits per heavy atom. The van der Waals surface area contributed by atoms with E-state index >= 15 is 0 Å². The summed E-state index contributed by atoms with van der Waals surface area (Å²) < 4.78 is 0. The first kappa shape index (κ1) is 19.7. The van der Waals surface area contributed by atoms with Crippen molar-refractivity contribution in [2.45, 2.75) is 26.3 Å². The van der Waals surface area contributed by atoms with Crippen molar-refractivity contribution in [3.05, 3.63) is 22.4 Å². The zero-order valence-corrected chi connectivity index (χ0v) is 15.9. The second-order valence-electron chi connectivity index (χ2n) is 5.33. The third-order valence-electron chi connectivity index (χ3n) is 2.96. The Balaban J connectivity index is 0.00000361. The molecule has 0 bridgehead atoms. The number of hydrogen-bond acceptors (Lipinski definition) is 3. The van der Waals surface area contributed by atoms with Crippen molar-refractivity contribution in [3.63, 3.8) is 0 Å². The number of likely N-dealkylation sites (N-methyl/N-ethyl adjacent to an activating group) is 1. The minimum Gasteiger partial charge on any atom is -0.370 e. The molecule has 4 nitrogen and oxygen atoms in total. The van der Waals surface area contributed by atoms with E-state index in [1.54, 1.807) is 11.3 Å². The molecule has 0 aliphatic carbocycles. The zero-order valence-electron chi connectivity index (χ0n) is 12.8. The average molecular weight is 410 g/mol. The lowest BCUT2D eigenvalue weighted by atomic mass is 10.1. The van der Waals surface area contributed by atoms with Gasteiger partial charge in [-0.2, -0.15) is 0 Å². The van der Waals surface area contributed by atoms with Gasteiger partial charge < -0.3 is 16.0 Å². The van der Waals surface area contributed by atoms with E-state index < -0.39 is 0 Å². The summed E-state index contributed by atoms with van der Waals surface area (Å²) in [7, 11) is 4.14. The average Bonchev–Trinajstić information content (AvgIpc) is 2.82. The Bertz CT molecular complexity index is 377. The molecule has 6 heteroatoms. The van der Waals surface area contributed by atoms with Gasteiger partial charge in [-0.15, -0.1) is 35.3 Å². The Labute approximate surface area is 143 Å². The summed E-state index contributed by atoms with van der Waals surface area (Å²) in [5.74, 6) is 1.23. The summed E-state index contributed by atoms with van der Waals surface area (Å²) in [6, 6.07) is 4.52. The van der Waals surface area contributed by atoms with Gasteiger partial charge >= 0.3 is 0 Å². The van der Waals surface area contributed by atoms with Crippen LogP contribution in [0.4, 0.5) is 0 Å². The van der Waals surface area contributed by atoms with Crippen molar-refractivity contribution in [1.82, 2.24) is 10.2 Å². The molecule has 1 aromatic rings. The third kappa shape index (κ3) is 7.44. The van der Waals surface area contributed by atoms with Crippen molar-refractivity contribution >= 4 is 41.3 Å². The molecule has 0 radical (unpaired) electrons. The summed E-state index contributed by atoms with van der Waals surface area (Å²) in [5, 5.41) is 5.26. The minimum atomic E-state index is 0. The lowest BCUT2D eigenvalue weighted by Gasteiger charge is -2.21. The van der Waals surface area contributed by atoms with Crippen molar-refractivity contribution in [2.75, 3.05) is 27.2 Å². The van der Waals surface area contributed by atoms with Crippen LogP contribution in [-0.4, -0.2) is 38.0 Å². The molecule has 0 aliphatic heterocycles. The van der Waals surface area contributed by atoms with E-state index in [4.69, 9.17) is 5.73 Å². The van der Waals surface area contributed by atoms with E-state index in [0.29, 0.717) is 24.5 Å². The van der Waals surface area contributed by atoms with E-state index in [1.165, 1.54) is 4.88 Å². The number of hydrogen-bond donors (Lipinski definition) is 2. The number of nitrogens with one attached hydrogen (secondary N) is 1. The molecule has 116 valence electrons. The number of thiophene rings is 1. The Morgan fingerprint density at radius 3 is 2.65 bits per heavy atom. The smallest absolute Gasteiger partial charge is 0.188 e. The van der Waals surface area contributed by atoms with Crippen LogP contribution in [0.5, 0.6) is 0 Å². The molecule has 1 heterocycles. The highest BCUT2D eigenvalue weighted by atomic mass is 127. The van der Waals surface area contributed by atoms with Gasteiger partial charge in [0.25, 0.3) is 0 Å². The SMILES string of the molecule is CC(C)CCNC(N)=NCC(c1cccs1)N(C)C.I. The van der Waals surface area contributed by atoms with Crippen LogP contribution in [0.3, 0.4) is 0 Å². The van der Waals surface area contributed by atoms with Gasteiger partial charge in [0.1, 0.15) is 0 Å². The van der Waals surface area contributed by atoms with Crippen LogP contribution in [0.2, 0.25) is 0 Å². The monoisotopic (exact) mass is 410 g/mol. The van der Waals surface area contributed by atoms with Gasteiger partial charge in [0.05, 0.1) is 12.6 Å². The van der Waals surface area contributed by atoms with Crippen molar-refractivity contribution < 1.29 is 0 Å². The van der Waals surface area contributed by atoms with Crippen LogP contribution >= 0.6 is 35.3 Å². The summed E-state index contributed by atoms with van der Waals surface area (Å²) in [6.45, 7) is 5.98. The molecular formula is C14H27IN4S. The van der Waals surface area contributed by atoms with Crippen molar-refractivity contribution in [3.8, 4) is 0 Å². The normalized spacial score (nSPS) is 13.4. The second kappa shape index (κ2) is 10.4. The number of aliphatic imine (C=N–C) groups is 1. The summed E-state index contributed by atoms with van der Waals surface area (Å²) in [6.07, 6.45) is 1.11. The maximum absolute atomic E-state index is 5.89. The second-order valence-corrected chi connectivity index (χ2v) is 6.31. The highest BCUT2D eigenvalue weighted by molar-refractivity contribution is 14.0. The summed E-state index contributed by atoms with van der Waals surface area (Å²) >= 11 is 1.76. The largest absolute Gasteiger partial charge is 0.370 e. The van der Waals surface area contributed by atoms with E-state index in [0.717, 1.165) is 13.0 Å². The Morgan fingerprint density at radius 2 is 2.15 bits per heavy atom. The first-order valence-electron chi connectivity index (χ1n) is 6.74. The van der Waals surface area contributed by atoms with Crippen LogP contribution < -0.4 is 11.1 Å². The fraction of sp³-hybridized carbons (Fsp3) is 0.643. The molecule has 1 rings (SSSR count). The molecule has 0 spiro atoms. The fourth-order valence-corrected chi connectivity index (χ4v) is 2.63. The van der Waals surface area contributed by atoms with Gasteiger partial charge in [-0.1, -0.05) is 19.9 Å². The Kier molecular flexibility index (Phi) is 10.2. The van der Waals surface area contributed by atoms with E-state index in [-0.39, 0.29) is 24.0 Å². The quantitative estimate of drug-likeness (QED) is 0.413. The molecule has 0 fully saturated rings. The fourth-order valence-electron chi connectivity index (χ4n) is 1.72. The van der Waals surface area contributed by atoms with Gasteiger partial charge in [-0.3, -0.25) is 4.99 Å². The zero-order chi connectivity index (χ0) is 14.3. The molecule has 0 amide bonds. The van der Waals surface area contributed by atoms with Crippen LogP contribution in [0, 0.1) is 5.92 Å². The van der Waals surface area contributed by atoms with Gasteiger partial charge in [0.15, 0.2) is 5.96 Å². The predicted molar refractivity (Wildman–Crippen MR) is 100 cm³/mol. The number of nitrogens with two attached hydrogens (primary N) is 1. The minimum absolute atomic E-state index is 0. The molecule has 20 heavy (non-hydrogen) atoms. The first-order valence-corrected chi connectivity index (χ1v) is 7.62. The lowest BCUT2D eigenvalue weighted by Crippen LogP contribution is -2.34. The van der Waals surface area contributed by atoms with Gasteiger partial charge in [0, 0.05) is 11.4 Å². The molecule has 0 saturated heterocycles. The van der Waals surface area contributed by atoms with Gasteiger partial charge in [0.2, 0.25) is 0 Å². The number of nitrogens with zero attached hydrogens (tertiary/aromatic N) is 2. The topological polar surface area (TPSA) is 53.6 Å². The van der Waals surface area contributed by atoms with Crippen LogP contribution in [0.1, 0.15) is 31.2 Å². The maximum atomic E-state index is 5.89. The van der Waals surface area contributed by atoms with E-state index in [9.17, 15) is 0 Å². The third-order valence-corrected chi connectivity index (χ3v) is 3.93. The molecule has 1 unspecified atom stereocenters. The number of halogens is 1. The predicted octanol–water partition coefficient (Wildman–Crippen LogP) is 2.92. The standard InChI is InChI=1S/C14H26N4S.HI/c1-11(2)7-8-16-14(15)17-10-12(18(3)4)13-6-5-9-19-13;/h5-6,9,11-12H,7-8,10H2,1-4H3,(H3,15,16,17);1H. The molecule has 0 aromatic carbocycles. The number of rotatable bonds is 7. The molecular weight excluding hydrogens is 383 g/mol. The molecule has 0 saturated carbocycles. The van der Waals surface area contributed by atoms with Crippen LogP contribution in [0.15, 0.2) is 22.5 Å². The number of guanidine groups is 1. The Hall–Kier alpha value is -0.340. The molecule has 0 aliphatic rings. The highest BCUT2D eigenvalue weighted by Gasteiger charge is 2.14. The molecule has 1 atom stereocenters. The first-order chi connectivity index (χ1) is 9.00. The molecule has 1 aromatic heterocycles. The summed E-state index contributed by atoms with van der Waals surface area (Å²) in [4.78, 5) is 7.95. The lowest BCUT2D eigenvalue weighted by molar-refractivity contribution is 0.310. The molecule has 3 N–H and O–H groups in total. The van der Waals surface area contributed by atoms with Gasteiger partial charge in [-0.05, 0) is 37.9 Å². The van der Waals surface area contributed by atoms with Crippen LogP contribution in [-0.2, 0) is 0 Å².